The average Bonchev–Trinajstić information content (AvgIpc) is 3.46. The lowest BCUT2D eigenvalue weighted by atomic mass is 10.0. The van der Waals surface area contributed by atoms with Gasteiger partial charge in [-0.3, -0.25) is 14.4 Å². The van der Waals surface area contributed by atoms with E-state index < -0.39 is 6.10 Å². The fraction of sp³-hybridized carbons (Fsp3) is 0.716. The van der Waals surface area contributed by atoms with Crippen molar-refractivity contribution in [1.82, 2.24) is 0 Å². The number of unbranched alkanes of at least 4 members (excludes halogenated alkanes) is 32. The van der Waals surface area contributed by atoms with Crippen LogP contribution in [0, 0.1) is 0 Å². The molecule has 0 aromatic heterocycles. The molecule has 0 saturated heterocycles. The highest BCUT2D eigenvalue weighted by atomic mass is 16.6. The van der Waals surface area contributed by atoms with Gasteiger partial charge in [0.05, 0.1) is 0 Å². The second-order valence-corrected chi connectivity index (χ2v) is 22.4. The van der Waals surface area contributed by atoms with Gasteiger partial charge in [-0.2, -0.15) is 0 Å². The molecule has 80 heavy (non-hydrogen) atoms. The molecule has 0 rings (SSSR count). The molecule has 0 saturated carbocycles. The second kappa shape index (κ2) is 67.6. The Morgan fingerprint density at radius 1 is 0.263 bits per heavy atom. The molecule has 0 aliphatic carbocycles. The fourth-order valence-corrected chi connectivity index (χ4v) is 9.45. The summed E-state index contributed by atoms with van der Waals surface area (Å²) in [6.07, 6.45) is 92.4. The molecule has 0 aromatic carbocycles. The van der Waals surface area contributed by atoms with Gasteiger partial charge in [-0.1, -0.05) is 304 Å². The third-order valence-electron chi connectivity index (χ3n) is 14.5. The summed E-state index contributed by atoms with van der Waals surface area (Å²) in [6.45, 7) is 6.52. The van der Waals surface area contributed by atoms with Crippen molar-refractivity contribution in [1.29, 1.82) is 0 Å². The van der Waals surface area contributed by atoms with Gasteiger partial charge in [-0.15, -0.1) is 0 Å². The molecule has 6 nitrogen and oxygen atoms in total. The molecule has 0 aliphatic heterocycles. The highest BCUT2D eigenvalue weighted by Gasteiger charge is 2.19. The van der Waals surface area contributed by atoms with E-state index in [-0.39, 0.29) is 31.1 Å². The maximum absolute atomic E-state index is 12.9. The van der Waals surface area contributed by atoms with Crippen LogP contribution < -0.4 is 0 Å². The Balaban J connectivity index is 4.39. The van der Waals surface area contributed by atoms with Crippen LogP contribution >= 0.6 is 0 Å². The summed E-state index contributed by atoms with van der Waals surface area (Å²) in [5.41, 5.74) is 0. The first-order valence-corrected chi connectivity index (χ1v) is 33.9. The van der Waals surface area contributed by atoms with Crippen LogP contribution in [0.5, 0.6) is 0 Å². The average molecular weight is 1110 g/mol. The monoisotopic (exact) mass is 1110 g/mol. The number of esters is 3. The van der Waals surface area contributed by atoms with E-state index >= 15 is 0 Å². The van der Waals surface area contributed by atoms with Gasteiger partial charge in [0.25, 0.3) is 0 Å². The highest BCUT2D eigenvalue weighted by Crippen LogP contribution is 2.16. The number of hydrogen-bond acceptors (Lipinski definition) is 6. The molecule has 0 radical (unpaired) electrons. The van der Waals surface area contributed by atoms with Crippen molar-refractivity contribution in [2.75, 3.05) is 13.2 Å². The molecule has 6 heteroatoms. The largest absolute Gasteiger partial charge is 0.462 e. The van der Waals surface area contributed by atoms with Crippen molar-refractivity contribution in [3.05, 3.63) is 109 Å². The lowest BCUT2D eigenvalue weighted by Gasteiger charge is -2.18. The molecule has 0 spiro atoms. The van der Waals surface area contributed by atoms with Gasteiger partial charge in [-0.25, -0.2) is 0 Å². The van der Waals surface area contributed by atoms with Crippen molar-refractivity contribution < 1.29 is 28.6 Å². The molecule has 1 unspecified atom stereocenters. The van der Waals surface area contributed by atoms with Crippen molar-refractivity contribution in [3.63, 3.8) is 0 Å². The zero-order chi connectivity index (χ0) is 57.8. The van der Waals surface area contributed by atoms with Crippen LogP contribution in [0.15, 0.2) is 109 Å². The summed E-state index contributed by atoms with van der Waals surface area (Å²) < 4.78 is 16.9. The van der Waals surface area contributed by atoms with Gasteiger partial charge in [0.2, 0.25) is 0 Å². The van der Waals surface area contributed by atoms with E-state index in [2.05, 4.69) is 130 Å². The Kier molecular flexibility index (Phi) is 64.3. The predicted octanol–water partition coefficient (Wildman–Crippen LogP) is 23.4. The van der Waals surface area contributed by atoms with Crippen LogP contribution in [-0.4, -0.2) is 37.2 Å². The molecular weight excluding hydrogens is 985 g/mol. The predicted molar refractivity (Wildman–Crippen MR) is 348 cm³/mol. The van der Waals surface area contributed by atoms with Gasteiger partial charge < -0.3 is 14.2 Å². The van der Waals surface area contributed by atoms with Crippen LogP contribution in [-0.2, 0) is 28.6 Å². The normalized spacial score (nSPS) is 12.8. The Bertz CT molecular complexity index is 1610. The number of allylic oxidation sites excluding steroid dienone is 18. The summed E-state index contributed by atoms with van der Waals surface area (Å²) in [5.74, 6) is -0.906. The summed E-state index contributed by atoms with van der Waals surface area (Å²) >= 11 is 0. The van der Waals surface area contributed by atoms with E-state index in [1.165, 1.54) is 161 Å². The Morgan fingerprint density at radius 3 is 0.762 bits per heavy atom. The SMILES string of the molecule is CC/C=C\C/C=C\C/C=C\C/C=C\C/C=C\C/C=C\CCCCCCC(=O)OC(COC(=O)CCCCCCCCCCCC/C=C\C/C=C\C/C=C\CCCCCCC)COC(=O)CCCCCCCCCCCCCCCC. The smallest absolute Gasteiger partial charge is 0.306 e. The van der Waals surface area contributed by atoms with Gasteiger partial charge >= 0.3 is 17.9 Å². The first kappa shape index (κ1) is 76.1. The molecular formula is C74H126O6. The lowest BCUT2D eigenvalue weighted by Crippen LogP contribution is -2.30. The highest BCUT2D eigenvalue weighted by molar-refractivity contribution is 5.71. The van der Waals surface area contributed by atoms with Crippen molar-refractivity contribution in [2.24, 2.45) is 0 Å². The number of carbonyl (C=O) groups excluding carboxylic acids is 3. The van der Waals surface area contributed by atoms with E-state index in [0.29, 0.717) is 19.3 Å². The van der Waals surface area contributed by atoms with Crippen LogP contribution in [0.1, 0.15) is 323 Å². The van der Waals surface area contributed by atoms with Crippen LogP contribution in [0.3, 0.4) is 0 Å². The van der Waals surface area contributed by atoms with Crippen molar-refractivity contribution in [3.8, 4) is 0 Å². The Labute approximate surface area is 495 Å². The molecule has 0 amide bonds. The number of hydrogen-bond donors (Lipinski definition) is 0. The van der Waals surface area contributed by atoms with E-state index in [1.807, 2.05) is 0 Å². The molecule has 0 aromatic rings. The molecule has 0 bridgehead atoms. The molecule has 458 valence electrons. The molecule has 1 atom stereocenters. The standard InChI is InChI=1S/C74H126O6/c1-4-7-10-13-16-19-22-25-28-30-32-34-36-37-39-40-42-44-46-49-52-55-58-61-64-67-73(76)79-70-71(69-78-72(75)66-63-60-57-54-51-48-27-24-21-18-15-12-9-6-3)80-74(77)68-65-62-59-56-53-50-47-45-43-41-38-35-33-31-29-26-23-20-17-14-11-8-5-2/h8,11,17,20,22,25-26,29-30,32-33,35-37,41,43,47,50,71H,4-7,9-10,12-16,18-19,21,23-24,27-28,31,34,38-40,42,44-46,48-49,51-70H2,1-3H3/b11-8-,20-17-,25-22-,29-26-,32-30-,35-33-,37-36-,43-41-,50-47-. The maximum Gasteiger partial charge on any atom is 0.306 e. The minimum atomic E-state index is -0.796. The van der Waals surface area contributed by atoms with E-state index in [9.17, 15) is 14.4 Å². The zero-order valence-corrected chi connectivity index (χ0v) is 52.6. The third kappa shape index (κ3) is 64.9. The number of rotatable bonds is 61. The van der Waals surface area contributed by atoms with E-state index in [0.717, 1.165) is 122 Å². The first-order chi connectivity index (χ1) is 39.5. The summed E-state index contributed by atoms with van der Waals surface area (Å²) in [7, 11) is 0. The van der Waals surface area contributed by atoms with Gasteiger partial charge in [0, 0.05) is 19.3 Å². The Hall–Kier alpha value is -3.93. The number of carbonyl (C=O) groups is 3. The first-order valence-electron chi connectivity index (χ1n) is 33.9. The lowest BCUT2D eigenvalue weighted by molar-refractivity contribution is -0.167. The van der Waals surface area contributed by atoms with E-state index in [4.69, 9.17) is 14.2 Å². The molecule has 0 N–H and O–H groups in total. The van der Waals surface area contributed by atoms with Crippen LogP contribution in [0.4, 0.5) is 0 Å². The third-order valence-corrected chi connectivity index (χ3v) is 14.5. The zero-order valence-electron chi connectivity index (χ0n) is 52.6. The van der Waals surface area contributed by atoms with E-state index in [1.54, 1.807) is 0 Å². The number of ether oxygens (including phenoxy) is 3. The Morgan fingerprint density at radius 2 is 0.487 bits per heavy atom. The van der Waals surface area contributed by atoms with Gasteiger partial charge in [0.15, 0.2) is 6.10 Å². The molecule has 0 heterocycles. The van der Waals surface area contributed by atoms with Crippen LogP contribution in [0.25, 0.3) is 0 Å². The quantitative estimate of drug-likeness (QED) is 0.0261. The summed E-state index contributed by atoms with van der Waals surface area (Å²) in [4.78, 5) is 38.4. The van der Waals surface area contributed by atoms with Crippen LogP contribution in [0.2, 0.25) is 0 Å². The molecule has 0 aliphatic rings. The second-order valence-electron chi connectivity index (χ2n) is 22.4. The molecule has 0 fully saturated rings. The fourth-order valence-electron chi connectivity index (χ4n) is 9.45. The van der Waals surface area contributed by atoms with Gasteiger partial charge in [-0.05, 0) is 109 Å². The van der Waals surface area contributed by atoms with Gasteiger partial charge in [0.1, 0.15) is 13.2 Å². The summed E-state index contributed by atoms with van der Waals surface area (Å²) in [6, 6.07) is 0. The summed E-state index contributed by atoms with van der Waals surface area (Å²) in [5, 5.41) is 0. The van der Waals surface area contributed by atoms with Crippen molar-refractivity contribution in [2.45, 2.75) is 329 Å². The topological polar surface area (TPSA) is 78.9 Å². The van der Waals surface area contributed by atoms with Crippen molar-refractivity contribution >= 4 is 17.9 Å². The minimum absolute atomic E-state index is 0.0882. The maximum atomic E-state index is 12.9. The minimum Gasteiger partial charge on any atom is -0.462 e.